The minimum absolute atomic E-state index is 0.0260. The van der Waals surface area contributed by atoms with Crippen molar-refractivity contribution in [2.24, 2.45) is 11.1 Å². The van der Waals surface area contributed by atoms with Crippen molar-refractivity contribution in [3.63, 3.8) is 0 Å². The second-order valence-electron chi connectivity index (χ2n) is 9.69. The second-order valence-corrected chi connectivity index (χ2v) is 11.3. The first-order valence-electron chi connectivity index (χ1n) is 12.2. The zero-order chi connectivity index (χ0) is 26.6. The molecule has 1 spiro atoms. The maximum Gasteiger partial charge on any atom is 0.323 e. The number of aryl methyl sites for hydroxylation is 2. The van der Waals surface area contributed by atoms with E-state index in [-0.39, 0.29) is 10.6 Å². The third-order valence-corrected chi connectivity index (χ3v) is 8.69. The standard InChI is InChI=1S/C24H32N6O6S/c1-15-4-3-5-16(2)20(15)37(34,35)30-19(22(32)33)14-27-21(31)18-12-24(36-29-18)8-6-17(7-9-24)13-28-23-25-10-11-26-23/h3-5,10-11,17,19,30H,6-9,12-14H2,1-2H3,(H,27,31)(H,32,33)(H2,25,26,28)/t17?,19-,24?/m0/s1. The zero-order valence-corrected chi connectivity index (χ0v) is 21.6. The van der Waals surface area contributed by atoms with E-state index in [1.54, 1.807) is 44.4 Å². The molecule has 0 radical (unpaired) electrons. The summed E-state index contributed by atoms with van der Waals surface area (Å²) in [6.45, 7) is 3.61. The van der Waals surface area contributed by atoms with Gasteiger partial charge in [0.15, 0.2) is 5.95 Å². The van der Waals surface area contributed by atoms with Crippen LogP contribution in [0.3, 0.4) is 0 Å². The highest BCUT2D eigenvalue weighted by atomic mass is 32.2. The van der Waals surface area contributed by atoms with E-state index in [1.165, 1.54) is 0 Å². The zero-order valence-electron chi connectivity index (χ0n) is 20.8. The molecule has 4 rings (SSSR count). The lowest BCUT2D eigenvalue weighted by Gasteiger charge is -2.34. The predicted molar refractivity (Wildman–Crippen MR) is 136 cm³/mol. The molecule has 1 aromatic heterocycles. The molecule has 1 aromatic carbocycles. The molecule has 1 fully saturated rings. The largest absolute Gasteiger partial charge is 0.480 e. The van der Waals surface area contributed by atoms with Gasteiger partial charge in [-0.1, -0.05) is 23.4 Å². The second kappa shape index (κ2) is 10.9. The number of sulfonamides is 1. The molecular formula is C24H32N6O6S. The number of anilines is 1. The van der Waals surface area contributed by atoms with Crippen LogP contribution < -0.4 is 15.4 Å². The Balaban J connectivity index is 1.28. The minimum Gasteiger partial charge on any atom is -0.480 e. The minimum atomic E-state index is -4.13. The number of aromatic nitrogens is 2. The Morgan fingerprint density at radius 2 is 1.95 bits per heavy atom. The highest BCUT2D eigenvalue weighted by Crippen LogP contribution is 2.40. The Bertz CT molecular complexity index is 1250. The van der Waals surface area contributed by atoms with Gasteiger partial charge < -0.3 is 25.6 Å². The molecule has 1 aliphatic carbocycles. The van der Waals surface area contributed by atoms with Gasteiger partial charge in [-0.2, -0.15) is 4.72 Å². The molecule has 0 bridgehead atoms. The number of aromatic amines is 1. The van der Waals surface area contributed by atoms with Crippen molar-refractivity contribution in [1.29, 1.82) is 0 Å². The fourth-order valence-corrected chi connectivity index (χ4v) is 6.53. The van der Waals surface area contributed by atoms with E-state index >= 15 is 0 Å². The molecule has 1 aliphatic heterocycles. The molecule has 5 N–H and O–H groups in total. The summed E-state index contributed by atoms with van der Waals surface area (Å²) in [4.78, 5) is 37.4. The number of imidazole rings is 1. The average molecular weight is 533 g/mol. The van der Waals surface area contributed by atoms with Gasteiger partial charge in [0.05, 0.1) is 4.90 Å². The van der Waals surface area contributed by atoms with Gasteiger partial charge >= 0.3 is 5.97 Å². The summed E-state index contributed by atoms with van der Waals surface area (Å²) in [5, 5.41) is 19.3. The number of carboxylic acid groups (broad SMARTS) is 1. The first kappa shape index (κ1) is 26.6. The Hall–Kier alpha value is -3.45. The van der Waals surface area contributed by atoms with E-state index in [0.29, 0.717) is 23.5 Å². The summed E-state index contributed by atoms with van der Waals surface area (Å²) in [6, 6.07) is 3.44. The predicted octanol–water partition coefficient (Wildman–Crippen LogP) is 1.69. The van der Waals surface area contributed by atoms with Gasteiger partial charge in [0.1, 0.15) is 17.4 Å². The number of nitrogens with one attached hydrogen (secondary N) is 4. The number of carboxylic acids is 1. The monoisotopic (exact) mass is 532 g/mol. The number of aliphatic carboxylic acids is 1. The fraction of sp³-hybridized carbons (Fsp3) is 0.500. The molecule has 12 nitrogen and oxygen atoms in total. The Labute approximate surface area is 215 Å². The number of H-pyrrole nitrogens is 1. The molecular weight excluding hydrogens is 500 g/mol. The van der Waals surface area contributed by atoms with E-state index in [9.17, 15) is 23.1 Å². The van der Waals surface area contributed by atoms with Crippen LogP contribution in [0.5, 0.6) is 0 Å². The number of carbonyl (C=O) groups is 2. The van der Waals surface area contributed by atoms with Gasteiger partial charge in [0.25, 0.3) is 5.91 Å². The topological polar surface area (TPSA) is 175 Å². The van der Waals surface area contributed by atoms with Gasteiger partial charge in [-0.3, -0.25) is 9.59 Å². The first-order valence-corrected chi connectivity index (χ1v) is 13.6. The molecule has 200 valence electrons. The van der Waals surface area contributed by atoms with E-state index in [0.717, 1.165) is 38.2 Å². The molecule has 2 heterocycles. The van der Waals surface area contributed by atoms with Crippen LogP contribution in [0, 0.1) is 19.8 Å². The smallest absolute Gasteiger partial charge is 0.323 e. The number of oxime groups is 1. The average Bonchev–Trinajstić information content (AvgIpc) is 3.51. The van der Waals surface area contributed by atoms with Crippen molar-refractivity contribution in [2.45, 2.75) is 62.5 Å². The lowest BCUT2D eigenvalue weighted by Crippen LogP contribution is -2.49. The summed E-state index contributed by atoms with van der Waals surface area (Å²) >= 11 is 0. The molecule has 0 saturated heterocycles. The van der Waals surface area contributed by atoms with Crippen molar-refractivity contribution < 1.29 is 28.0 Å². The molecule has 2 aliphatic rings. The maximum absolute atomic E-state index is 12.9. The number of hydrogen-bond acceptors (Lipinski definition) is 8. The number of nitrogens with zero attached hydrogens (tertiary/aromatic N) is 2. The van der Waals surface area contributed by atoms with Crippen LogP contribution in [0.2, 0.25) is 0 Å². The molecule has 2 aromatic rings. The Morgan fingerprint density at radius 1 is 1.24 bits per heavy atom. The van der Waals surface area contributed by atoms with E-state index < -0.39 is 40.1 Å². The number of rotatable bonds is 10. The van der Waals surface area contributed by atoms with Crippen LogP contribution in [-0.2, 0) is 24.4 Å². The molecule has 0 unspecified atom stereocenters. The van der Waals surface area contributed by atoms with Crippen molar-refractivity contribution in [1.82, 2.24) is 20.0 Å². The number of carbonyl (C=O) groups excluding carboxylic acids is 1. The summed E-state index contributed by atoms with van der Waals surface area (Å²) in [6.07, 6.45) is 7.05. The number of amides is 1. The van der Waals surface area contributed by atoms with Gasteiger partial charge in [-0.15, -0.1) is 0 Å². The summed E-state index contributed by atoms with van der Waals surface area (Å²) in [5.74, 6) is -0.803. The normalized spacial score (nSPS) is 22.2. The molecule has 1 atom stereocenters. The van der Waals surface area contributed by atoms with Gasteiger partial charge in [0.2, 0.25) is 10.0 Å². The highest BCUT2D eigenvalue weighted by molar-refractivity contribution is 7.89. The lowest BCUT2D eigenvalue weighted by molar-refractivity contribution is -0.138. The van der Waals surface area contributed by atoms with Gasteiger partial charge in [-0.25, -0.2) is 13.4 Å². The third kappa shape index (κ3) is 6.28. The molecule has 13 heteroatoms. The van der Waals surface area contributed by atoms with Crippen LogP contribution in [0.25, 0.3) is 0 Å². The Morgan fingerprint density at radius 3 is 2.57 bits per heavy atom. The van der Waals surface area contributed by atoms with E-state index in [4.69, 9.17) is 4.84 Å². The lowest BCUT2D eigenvalue weighted by atomic mass is 9.76. The van der Waals surface area contributed by atoms with Gasteiger partial charge in [-0.05, 0) is 56.6 Å². The first-order chi connectivity index (χ1) is 17.6. The third-order valence-electron chi connectivity index (χ3n) is 6.91. The Kier molecular flexibility index (Phi) is 7.83. The highest BCUT2D eigenvalue weighted by Gasteiger charge is 2.44. The SMILES string of the molecule is Cc1cccc(C)c1S(=O)(=O)N[C@@H](CNC(=O)C1=NOC2(CCC(CNc3ncc[nH]3)CC2)C1)C(=O)O. The summed E-state index contributed by atoms with van der Waals surface area (Å²) < 4.78 is 28.0. The molecule has 37 heavy (non-hydrogen) atoms. The van der Waals surface area contributed by atoms with Crippen LogP contribution in [0.1, 0.15) is 43.2 Å². The van der Waals surface area contributed by atoms with Crippen LogP contribution >= 0.6 is 0 Å². The van der Waals surface area contributed by atoms with E-state index in [2.05, 4.69) is 30.5 Å². The van der Waals surface area contributed by atoms with Crippen molar-refractivity contribution in [3.05, 3.63) is 41.7 Å². The van der Waals surface area contributed by atoms with Crippen molar-refractivity contribution in [2.75, 3.05) is 18.4 Å². The number of benzene rings is 1. The van der Waals surface area contributed by atoms with Crippen LogP contribution in [0.4, 0.5) is 5.95 Å². The fourth-order valence-electron chi connectivity index (χ4n) is 4.87. The van der Waals surface area contributed by atoms with Crippen LogP contribution in [0.15, 0.2) is 40.6 Å². The van der Waals surface area contributed by atoms with Crippen molar-refractivity contribution >= 4 is 33.6 Å². The molecule has 1 amide bonds. The summed E-state index contributed by atoms with van der Waals surface area (Å²) in [7, 11) is -4.13. The maximum atomic E-state index is 12.9. The van der Waals surface area contributed by atoms with Crippen molar-refractivity contribution in [3.8, 4) is 0 Å². The number of hydrogen-bond donors (Lipinski definition) is 5. The van der Waals surface area contributed by atoms with Crippen LogP contribution in [-0.4, -0.2) is 65.8 Å². The molecule has 1 saturated carbocycles. The summed E-state index contributed by atoms with van der Waals surface area (Å²) in [5.41, 5.74) is 0.628. The van der Waals surface area contributed by atoms with E-state index in [1.807, 2.05) is 0 Å². The van der Waals surface area contributed by atoms with Gasteiger partial charge in [0, 0.05) is 31.9 Å². The quantitative estimate of drug-likeness (QED) is 0.307.